The highest BCUT2D eigenvalue weighted by Crippen LogP contribution is 2.23. The number of benzene rings is 2. The number of aromatic nitrogens is 1. The number of hydrogen-bond acceptors (Lipinski definition) is 5. The summed E-state index contributed by atoms with van der Waals surface area (Å²) >= 11 is 0. The van der Waals surface area contributed by atoms with Crippen molar-refractivity contribution in [1.82, 2.24) is 4.98 Å². The molecule has 0 saturated carbocycles. The Morgan fingerprint density at radius 1 is 1.05 bits per heavy atom. The van der Waals surface area contributed by atoms with E-state index >= 15 is 0 Å². The highest BCUT2D eigenvalue weighted by molar-refractivity contribution is 6.26. The molecule has 0 bridgehead atoms. The first-order chi connectivity index (χ1) is 10.3. The average molecular weight is 277 g/mol. The van der Waals surface area contributed by atoms with Crippen LogP contribution in [0.25, 0.3) is 11.1 Å². The Bertz CT molecular complexity index is 847. The Kier molecular flexibility index (Phi) is 2.57. The smallest absolute Gasteiger partial charge is 0.316 e. The summed E-state index contributed by atoms with van der Waals surface area (Å²) in [6.07, 6.45) is 0.298. The van der Waals surface area contributed by atoms with E-state index < -0.39 is 0 Å². The fourth-order valence-electron chi connectivity index (χ4n) is 2.46. The zero-order valence-electron chi connectivity index (χ0n) is 11.0. The van der Waals surface area contributed by atoms with Crippen molar-refractivity contribution in [2.75, 3.05) is 5.43 Å². The van der Waals surface area contributed by atoms with Gasteiger partial charge >= 0.3 is 6.01 Å². The second kappa shape index (κ2) is 4.56. The van der Waals surface area contributed by atoms with Gasteiger partial charge in [-0.3, -0.25) is 4.79 Å². The Morgan fingerprint density at radius 2 is 1.81 bits per heavy atom. The zero-order valence-corrected chi connectivity index (χ0v) is 11.0. The lowest BCUT2D eigenvalue weighted by Crippen LogP contribution is -2.00. The number of hydrogen-bond donors (Lipinski definition) is 1. The minimum Gasteiger partial charge on any atom is -0.422 e. The van der Waals surface area contributed by atoms with E-state index in [2.05, 4.69) is 15.5 Å². The third-order valence-electron chi connectivity index (χ3n) is 3.45. The summed E-state index contributed by atoms with van der Waals surface area (Å²) in [6.45, 7) is 0. The molecule has 1 aliphatic rings. The molecule has 0 unspecified atom stereocenters. The number of Topliss-reactive ketones (excluding diaryl/α,β-unsaturated/α-hetero) is 1. The van der Waals surface area contributed by atoms with Crippen molar-refractivity contribution in [3.8, 4) is 0 Å². The maximum atomic E-state index is 11.9. The molecule has 3 aromatic rings. The Hall–Kier alpha value is -2.95. The van der Waals surface area contributed by atoms with Gasteiger partial charge in [-0.05, 0) is 12.1 Å². The average Bonchev–Trinajstić information content (AvgIpc) is 3.07. The SMILES string of the molecule is O=C1CC(=NNc2nc3ccccc3o2)c2ccccc21. The summed E-state index contributed by atoms with van der Waals surface area (Å²) in [4.78, 5) is 16.2. The first-order valence-corrected chi connectivity index (χ1v) is 6.62. The molecule has 0 saturated heterocycles. The van der Waals surface area contributed by atoms with Gasteiger partial charge < -0.3 is 4.42 Å². The Balaban J connectivity index is 1.66. The Labute approximate surface area is 120 Å². The number of hydrazone groups is 1. The van der Waals surface area contributed by atoms with Gasteiger partial charge in [0, 0.05) is 11.1 Å². The predicted octanol–water partition coefficient (Wildman–Crippen LogP) is 3.23. The largest absolute Gasteiger partial charge is 0.422 e. The summed E-state index contributed by atoms with van der Waals surface area (Å²) in [6, 6.07) is 15.3. The van der Waals surface area contributed by atoms with Gasteiger partial charge in [0.2, 0.25) is 0 Å². The summed E-state index contributed by atoms with van der Waals surface area (Å²) in [5, 5.41) is 4.27. The monoisotopic (exact) mass is 277 g/mol. The van der Waals surface area contributed by atoms with Crippen molar-refractivity contribution >= 4 is 28.6 Å². The maximum Gasteiger partial charge on any atom is 0.316 e. The van der Waals surface area contributed by atoms with Crippen LogP contribution in [0.15, 0.2) is 58.0 Å². The molecule has 0 fully saturated rings. The highest BCUT2D eigenvalue weighted by atomic mass is 16.4. The number of para-hydroxylation sites is 2. The van der Waals surface area contributed by atoms with E-state index in [1.54, 1.807) is 0 Å². The number of ketones is 1. The molecule has 4 rings (SSSR count). The minimum absolute atomic E-state index is 0.0868. The van der Waals surface area contributed by atoms with Crippen LogP contribution in [0.1, 0.15) is 22.3 Å². The van der Waals surface area contributed by atoms with E-state index in [9.17, 15) is 4.79 Å². The van der Waals surface area contributed by atoms with Crippen molar-refractivity contribution in [1.29, 1.82) is 0 Å². The lowest BCUT2D eigenvalue weighted by molar-refractivity contribution is 0.101. The molecule has 1 heterocycles. The number of anilines is 1. The fraction of sp³-hybridized carbons (Fsp3) is 0.0625. The third-order valence-corrected chi connectivity index (χ3v) is 3.45. The fourth-order valence-corrected chi connectivity index (χ4v) is 2.46. The van der Waals surface area contributed by atoms with Gasteiger partial charge in [0.1, 0.15) is 5.52 Å². The molecule has 102 valence electrons. The van der Waals surface area contributed by atoms with Crippen LogP contribution in [0.3, 0.4) is 0 Å². The lowest BCUT2D eigenvalue weighted by Gasteiger charge is -1.98. The number of carbonyl (C=O) groups is 1. The molecule has 1 aromatic heterocycles. The summed E-state index contributed by atoms with van der Waals surface area (Å²) in [7, 11) is 0. The normalized spacial score (nSPS) is 15.6. The number of nitrogens with one attached hydrogen (secondary N) is 1. The van der Waals surface area contributed by atoms with E-state index in [0.717, 1.165) is 16.6 Å². The number of carbonyl (C=O) groups excluding carboxylic acids is 1. The van der Waals surface area contributed by atoms with Crippen LogP contribution in [0, 0.1) is 0 Å². The standard InChI is InChI=1S/C16H11N3O2/c20-14-9-13(10-5-1-2-6-11(10)14)18-19-16-17-12-7-3-4-8-15(12)21-16/h1-8H,9H2,(H,17,19). The van der Waals surface area contributed by atoms with Crippen LogP contribution >= 0.6 is 0 Å². The summed E-state index contributed by atoms with van der Waals surface area (Å²) in [5.74, 6) is 0.0868. The minimum atomic E-state index is 0.0868. The van der Waals surface area contributed by atoms with Gasteiger partial charge in [-0.1, -0.05) is 36.4 Å². The molecule has 0 atom stereocenters. The first-order valence-electron chi connectivity index (χ1n) is 6.62. The molecular formula is C16H11N3O2. The van der Waals surface area contributed by atoms with Crippen molar-refractivity contribution in [3.63, 3.8) is 0 Å². The van der Waals surface area contributed by atoms with Gasteiger partial charge in [-0.15, -0.1) is 0 Å². The molecule has 5 nitrogen and oxygen atoms in total. The van der Waals surface area contributed by atoms with Crippen LogP contribution in [0.2, 0.25) is 0 Å². The third kappa shape index (κ3) is 1.99. The van der Waals surface area contributed by atoms with Gasteiger partial charge in [0.15, 0.2) is 11.4 Å². The topological polar surface area (TPSA) is 67.5 Å². The van der Waals surface area contributed by atoms with Crippen molar-refractivity contribution in [2.45, 2.75) is 6.42 Å². The maximum absolute atomic E-state index is 11.9. The molecule has 0 radical (unpaired) electrons. The molecule has 1 aliphatic carbocycles. The van der Waals surface area contributed by atoms with E-state index in [-0.39, 0.29) is 5.78 Å². The van der Waals surface area contributed by atoms with E-state index in [1.165, 1.54) is 0 Å². The molecule has 1 N–H and O–H groups in total. The molecule has 0 spiro atoms. The van der Waals surface area contributed by atoms with Gasteiger partial charge in [0.25, 0.3) is 0 Å². The number of nitrogens with zero attached hydrogens (tertiary/aromatic N) is 2. The molecule has 2 aromatic carbocycles. The molecule has 0 amide bonds. The molecule has 5 heteroatoms. The zero-order chi connectivity index (χ0) is 14.2. The van der Waals surface area contributed by atoms with Crippen LogP contribution in [0.5, 0.6) is 0 Å². The lowest BCUT2D eigenvalue weighted by atomic mass is 10.1. The summed E-state index contributed by atoms with van der Waals surface area (Å²) in [5.41, 5.74) is 6.55. The number of rotatable bonds is 2. The van der Waals surface area contributed by atoms with E-state index in [0.29, 0.717) is 23.7 Å². The van der Waals surface area contributed by atoms with Gasteiger partial charge in [0.05, 0.1) is 12.1 Å². The second-order valence-electron chi connectivity index (χ2n) is 4.80. The van der Waals surface area contributed by atoms with Crippen molar-refractivity contribution in [3.05, 3.63) is 59.7 Å². The van der Waals surface area contributed by atoms with Gasteiger partial charge in [-0.25, -0.2) is 5.43 Å². The number of fused-ring (bicyclic) bond motifs is 2. The van der Waals surface area contributed by atoms with Crippen LogP contribution in [-0.2, 0) is 0 Å². The van der Waals surface area contributed by atoms with Crippen molar-refractivity contribution in [2.24, 2.45) is 5.10 Å². The van der Waals surface area contributed by atoms with E-state index in [4.69, 9.17) is 4.42 Å². The Morgan fingerprint density at radius 3 is 2.67 bits per heavy atom. The quantitative estimate of drug-likeness (QED) is 0.730. The van der Waals surface area contributed by atoms with E-state index in [1.807, 2.05) is 48.5 Å². The summed E-state index contributed by atoms with van der Waals surface area (Å²) < 4.78 is 5.53. The number of oxazole rings is 1. The second-order valence-corrected chi connectivity index (χ2v) is 4.80. The first kappa shape index (κ1) is 11.8. The predicted molar refractivity (Wildman–Crippen MR) is 79.6 cm³/mol. The molecule has 21 heavy (non-hydrogen) atoms. The van der Waals surface area contributed by atoms with Crippen LogP contribution in [-0.4, -0.2) is 16.5 Å². The molecular weight excluding hydrogens is 266 g/mol. The van der Waals surface area contributed by atoms with Crippen LogP contribution < -0.4 is 5.43 Å². The van der Waals surface area contributed by atoms with Crippen LogP contribution in [0.4, 0.5) is 6.01 Å². The highest BCUT2D eigenvalue weighted by Gasteiger charge is 2.25. The van der Waals surface area contributed by atoms with Crippen molar-refractivity contribution < 1.29 is 9.21 Å². The van der Waals surface area contributed by atoms with Gasteiger partial charge in [-0.2, -0.15) is 10.1 Å². The molecule has 0 aliphatic heterocycles.